The second-order valence-electron chi connectivity index (χ2n) is 3.71. The molecule has 0 amide bonds. The van der Waals surface area contributed by atoms with Crippen molar-refractivity contribution in [2.45, 2.75) is 16.4 Å². The fraction of sp³-hybridized carbons (Fsp3) is 0.0769. The number of benzene rings is 2. The molecule has 0 aliphatic carbocycles. The van der Waals surface area contributed by atoms with Gasteiger partial charge in [0.05, 0.1) is 21.4 Å². The molecular formula is C13H10ClNO3S. The Kier molecular flexibility index (Phi) is 4.42. The molecule has 0 saturated carbocycles. The summed E-state index contributed by atoms with van der Waals surface area (Å²) in [7, 11) is 0. The van der Waals surface area contributed by atoms with Gasteiger partial charge in [-0.05, 0) is 17.7 Å². The summed E-state index contributed by atoms with van der Waals surface area (Å²) < 4.78 is 0. The lowest BCUT2D eigenvalue weighted by Gasteiger charge is -2.09. The second-order valence-corrected chi connectivity index (χ2v) is 5.17. The summed E-state index contributed by atoms with van der Waals surface area (Å²) in [6.45, 7) is -0.163. The molecule has 1 N–H and O–H groups in total. The quantitative estimate of drug-likeness (QED) is 0.686. The van der Waals surface area contributed by atoms with Crippen molar-refractivity contribution < 1.29 is 10.0 Å². The van der Waals surface area contributed by atoms with Gasteiger partial charge in [0.1, 0.15) is 0 Å². The third kappa shape index (κ3) is 3.07. The SMILES string of the molecule is O=[N+]([O-])c1ccccc1Sc1c(Cl)cccc1CO. The second kappa shape index (κ2) is 6.06. The first kappa shape index (κ1) is 13.9. The van der Waals surface area contributed by atoms with Crippen molar-refractivity contribution in [1.82, 2.24) is 0 Å². The molecule has 0 aromatic heterocycles. The summed E-state index contributed by atoms with van der Waals surface area (Å²) in [6.07, 6.45) is 0. The van der Waals surface area contributed by atoms with Crippen molar-refractivity contribution >= 4 is 29.1 Å². The van der Waals surface area contributed by atoms with Gasteiger partial charge in [-0.2, -0.15) is 0 Å². The number of hydrogen-bond acceptors (Lipinski definition) is 4. The van der Waals surface area contributed by atoms with Crippen LogP contribution in [0.15, 0.2) is 52.3 Å². The zero-order valence-electron chi connectivity index (χ0n) is 9.75. The number of rotatable bonds is 4. The number of nitro benzene ring substituents is 1. The lowest BCUT2D eigenvalue weighted by atomic mass is 10.2. The van der Waals surface area contributed by atoms with Crippen LogP contribution in [-0.4, -0.2) is 10.0 Å². The first-order valence-corrected chi connectivity index (χ1v) is 6.62. The molecule has 0 spiro atoms. The van der Waals surface area contributed by atoms with Crippen LogP contribution in [-0.2, 0) is 6.61 Å². The van der Waals surface area contributed by atoms with E-state index in [1.807, 2.05) is 0 Å². The minimum absolute atomic E-state index is 0.0244. The average Bonchev–Trinajstić information content (AvgIpc) is 2.41. The van der Waals surface area contributed by atoms with E-state index in [9.17, 15) is 15.2 Å². The molecule has 6 heteroatoms. The van der Waals surface area contributed by atoms with E-state index in [-0.39, 0.29) is 12.3 Å². The number of para-hydroxylation sites is 1. The lowest BCUT2D eigenvalue weighted by Crippen LogP contribution is -1.92. The molecule has 4 nitrogen and oxygen atoms in total. The Morgan fingerprint density at radius 3 is 2.63 bits per heavy atom. The zero-order valence-corrected chi connectivity index (χ0v) is 11.3. The van der Waals surface area contributed by atoms with E-state index in [4.69, 9.17) is 11.6 Å². The number of aliphatic hydroxyl groups is 1. The van der Waals surface area contributed by atoms with Gasteiger partial charge in [0.15, 0.2) is 0 Å². The molecule has 0 bridgehead atoms. The fourth-order valence-corrected chi connectivity index (χ4v) is 2.95. The predicted molar refractivity (Wildman–Crippen MR) is 74.6 cm³/mol. The van der Waals surface area contributed by atoms with Gasteiger partial charge in [0.25, 0.3) is 5.69 Å². The minimum atomic E-state index is -0.433. The van der Waals surface area contributed by atoms with E-state index in [1.54, 1.807) is 36.4 Å². The fourth-order valence-electron chi connectivity index (χ4n) is 1.60. The Labute approximate surface area is 119 Å². The van der Waals surface area contributed by atoms with Gasteiger partial charge < -0.3 is 5.11 Å². The molecule has 0 heterocycles. The molecule has 0 aliphatic heterocycles. The van der Waals surface area contributed by atoms with Gasteiger partial charge in [-0.25, -0.2) is 0 Å². The van der Waals surface area contributed by atoms with E-state index in [0.29, 0.717) is 20.4 Å². The highest BCUT2D eigenvalue weighted by Crippen LogP contribution is 2.39. The molecule has 2 aromatic carbocycles. The zero-order chi connectivity index (χ0) is 13.8. The van der Waals surface area contributed by atoms with Crippen molar-refractivity contribution in [2.24, 2.45) is 0 Å². The third-order valence-corrected chi connectivity index (χ3v) is 4.17. The third-order valence-electron chi connectivity index (χ3n) is 2.49. The highest BCUT2D eigenvalue weighted by Gasteiger charge is 2.16. The summed E-state index contributed by atoms with van der Waals surface area (Å²) in [6, 6.07) is 11.6. The lowest BCUT2D eigenvalue weighted by molar-refractivity contribution is -0.387. The van der Waals surface area contributed by atoms with Gasteiger partial charge in [-0.3, -0.25) is 10.1 Å². The summed E-state index contributed by atoms with van der Waals surface area (Å²) in [5, 5.41) is 20.7. The Balaban J connectivity index is 2.45. The highest BCUT2D eigenvalue weighted by molar-refractivity contribution is 7.99. The number of hydrogen-bond donors (Lipinski definition) is 1. The topological polar surface area (TPSA) is 63.4 Å². The standard InChI is InChI=1S/C13H10ClNO3S/c14-10-5-3-4-9(8-16)13(10)19-12-7-2-1-6-11(12)15(17)18/h1-7,16H,8H2. The Hall–Kier alpha value is -1.56. The van der Waals surface area contributed by atoms with Crippen LogP contribution in [0, 0.1) is 10.1 Å². The van der Waals surface area contributed by atoms with Crippen LogP contribution in [0.1, 0.15) is 5.56 Å². The van der Waals surface area contributed by atoms with Gasteiger partial charge in [0.2, 0.25) is 0 Å². The summed E-state index contributed by atoms with van der Waals surface area (Å²) >= 11 is 7.27. The first-order valence-electron chi connectivity index (χ1n) is 5.43. The molecule has 0 radical (unpaired) electrons. The molecule has 0 fully saturated rings. The van der Waals surface area contributed by atoms with Crippen LogP contribution < -0.4 is 0 Å². The molecule has 0 aliphatic rings. The van der Waals surface area contributed by atoms with E-state index < -0.39 is 4.92 Å². The van der Waals surface area contributed by atoms with Crippen LogP contribution in [0.2, 0.25) is 5.02 Å². The average molecular weight is 296 g/mol. The van der Waals surface area contributed by atoms with Gasteiger partial charge in [-0.15, -0.1) is 0 Å². The van der Waals surface area contributed by atoms with Gasteiger partial charge in [0, 0.05) is 11.0 Å². The molecule has 0 unspecified atom stereocenters. The Morgan fingerprint density at radius 1 is 1.21 bits per heavy atom. The van der Waals surface area contributed by atoms with Crippen molar-refractivity contribution in [1.29, 1.82) is 0 Å². The Bertz CT molecular complexity index is 619. The van der Waals surface area contributed by atoms with Crippen LogP contribution in [0.25, 0.3) is 0 Å². The maximum Gasteiger partial charge on any atom is 0.283 e. The van der Waals surface area contributed by atoms with Crippen molar-refractivity contribution in [2.75, 3.05) is 0 Å². The van der Waals surface area contributed by atoms with Crippen molar-refractivity contribution in [3.8, 4) is 0 Å². The number of halogens is 1. The van der Waals surface area contributed by atoms with Crippen LogP contribution >= 0.6 is 23.4 Å². The summed E-state index contributed by atoms with van der Waals surface area (Å²) in [5.41, 5.74) is 0.673. The van der Waals surface area contributed by atoms with Crippen LogP contribution in [0.4, 0.5) is 5.69 Å². The van der Waals surface area contributed by atoms with Crippen molar-refractivity contribution in [3.05, 3.63) is 63.2 Å². The molecule has 19 heavy (non-hydrogen) atoms. The molecule has 2 rings (SSSR count). The van der Waals surface area contributed by atoms with E-state index in [2.05, 4.69) is 0 Å². The molecule has 0 atom stereocenters. The molecule has 2 aromatic rings. The van der Waals surface area contributed by atoms with E-state index >= 15 is 0 Å². The van der Waals surface area contributed by atoms with Gasteiger partial charge >= 0.3 is 0 Å². The minimum Gasteiger partial charge on any atom is -0.392 e. The smallest absolute Gasteiger partial charge is 0.283 e. The largest absolute Gasteiger partial charge is 0.392 e. The Morgan fingerprint density at radius 2 is 1.95 bits per heavy atom. The van der Waals surface area contributed by atoms with Crippen LogP contribution in [0.5, 0.6) is 0 Å². The number of aliphatic hydroxyl groups excluding tert-OH is 1. The maximum atomic E-state index is 11.0. The van der Waals surface area contributed by atoms with Crippen molar-refractivity contribution in [3.63, 3.8) is 0 Å². The summed E-state index contributed by atoms with van der Waals surface area (Å²) in [4.78, 5) is 11.7. The van der Waals surface area contributed by atoms with E-state index in [0.717, 1.165) is 0 Å². The van der Waals surface area contributed by atoms with Crippen LogP contribution in [0.3, 0.4) is 0 Å². The number of nitro groups is 1. The van der Waals surface area contributed by atoms with E-state index in [1.165, 1.54) is 17.8 Å². The number of nitrogens with zero attached hydrogens (tertiary/aromatic N) is 1. The first-order chi connectivity index (χ1) is 9.13. The monoisotopic (exact) mass is 295 g/mol. The maximum absolute atomic E-state index is 11.0. The van der Waals surface area contributed by atoms with Gasteiger partial charge in [-0.1, -0.05) is 47.6 Å². The molecule has 0 saturated heterocycles. The highest BCUT2D eigenvalue weighted by atomic mass is 35.5. The summed E-state index contributed by atoms with van der Waals surface area (Å²) in [5.74, 6) is 0. The predicted octanol–water partition coefficient (Wildman–Crippen LogP) is 3.89. The normalized spacial score (nSPS) is 10.4. The molecular weight excluding hydrogens is 286 g/mol. The molecule has 98 valence electrons.